The van der Waals surface area contributed by atoms with Crippen molar-refractivity contribution >= 4 is 27.6 Å². The third kappa shape index (κ3) is 6.96. The van der Waals surface area contributed by atoms with Crippen molar-refractivity contribution in [1.29, 1.82) is 0 Å². The molecule has 1 aliphatic rings. The number of amides is 1. The van der Waals surface area contributed by atoms with Gasteiger partial charge in [0.15, 0.2) is 0 Å². The van der Waals surface area contributed by atoms with Crippen molar-refractivity contribution in [2.24, 2.45) is 5.92 Å². The molecule has 0 unspecified atom stereocenters. The molecule has 10 nitrogen and oxygen atoms in total. The number of carboxylic acid groups (broad SMARTS) is 1. The second kappa shape index (κ2) is 11.3. The molecule has 3 atom stereocenters. The van der Waals surface area contributed by atoms with E-state index in [4.69, 9.17) is 9.84 Å². The van der Waals surface area contributed by atoms with E-state index in [1.807, 2.05) is 14.0 Å². The summed E-state index contributed by atoms with van der Waals surface area (Å²) in [5.74, 6) is -1.07. The van der Waals surface area contributed by atoms with Gasteiger partial charge in [0, 0.05) is 31.2 Å². The molecule has 1 aliphatic heterocycles. The fourth-order valence-electron chi connectivity index (χ4n) is 4.15. The number of carbonyl (C=O) groups is 2. The van der Waals surface area contributed by atoms with Crippen LogP contribution in [0.15, 0.2) is 42.5 Å². The van der Waals surface area contributed by atoms with Crippen LogP contribution in [0.25, 0.3) is 0 Å². The van der Waals surface area contributed by atoms with E-state index < -0.39 is 22.0 Å². The van der Waals surface area contributed by atoms with Crippen LogP contribution in [-0.2, 0) is 16.6 Å². The highest BCUT2D eigenvalue weighted by Crippen LogP contribution is 2.31. The number of carbonyl (C=O) groups excluding carboxylic acids is 1. The van der Waals surface area contributed by atoms with Gasteiger partial charge in [-0.15, -0.1) is 0 Å². The minimum atomic E-state index is -3.54. The SMILES string of the molecule is C[C@@H]1CN([C@H](C)CO)C(=O)c2cc(NS(C)(=O)=O)ccc2O[C@H]1CN(C)Cc1ccc(C(=O)O)cc1. The highest BCUT2D eigenvalue weighted by molar-refractivity contribution is 7.92. The van der Waals surface area contributed by atoms with Crippen LogP contribution in [0.5, 0.6) is 5.75 Å². The molecule has 3 rings (SSSR count). The second-order valence-electron chi connectivity index (χ2n) is 9.41. The van der Waals surface area contributed by atoms with Gasteiger partial charge in [0.25, 0.3) is 5.91 Å². The number of fused-ring (bicyclic) bond motifs is 1. The molecule has 0 aliphatic carbocycles. The first-order valence-corrected chi connectivity index (χ1v) is 13.5. The Labute approximate surface area is 211 Å². The van der Waals surface area contributed by atoms with Crippen LogP contribution in [0, 0.1) is 5.92 Å². The van der Waals surface area contributed by atoms with E-state index in [-0.39, 0.29) is 41.4 Å². The maximum atomic E-state index is 13.4. The number of benzene rings is 2. The summed E-state index contributed by atoms with van der Waals surface area (Å²) >= 11 is 0. The summed E-state index contributed by atoms with van der Waals surface area (Å²) in [5.41, 5.74) is 1.63. The molecule has 196 valence electrons. The van der Waals surface area contributed by atoms with Gasteiger partial charge in [-0.1, -0.05) is 19.1 Å². The van der Waals surface area contributed by atoms with Crippen molar-refractivity contribution in [3.63, 3.8) is 0 Å². The summed E-state index contributed by atoms with van der Waals surface area (Å²) in [4.78, 5) is 28.1. The number of carboxylic acids is 1. The maximum Gasteiger partial charge on any atom is 0.335 e. The largest absolute Gasteiger partial charge is 0.488 e. The first-order chi connectivity index (χ1) is 16.9. The summed E-state index contributed by atoms with van der Waals surface area (Å²) in [7, 11) is -1.61. The normalized spacial score (nSPS) is 19.2. The molecule has 1 heterocycles. The number of aromatic carboxylic acids is 1. The van der Waals surface area contributed by atoms with E-state index in [0.29, 0.717) is 25.4 Å². The second-order valence-corrected chi connectivity index (χ2v) is 11.2. The van der Waals surface area contributed by atoms with Crippen molar-refractivity contribution in [3.8, 4) is 5.75 Å². The number of ether oxygens (including phenoxy) is 1. The summed E-state index contributed by atoms with van der Waals surface area (Å²) in [6.07, 6.45) is 0.715. The number of aliphatic hydroxyl groups is 1. The quantitative estimate of drug-likeness (QED) is 0.458. The Hall–Kier alpha value is -3.15. The number of nitrogens with zero attached hydrogens (tertiary/aromatic N) is 2. The summed E-state index contributed by atoms with van der Waals surface area (Å²) in [6, 6.07) is 10.8. The van der Waals surface area contributed by atoms with Crippen LogP contribution in [0.3, 0.4) is 0 Å². The molecule has 3 N–H and O–H groups in total. The van der Waals surface area contributed by atoms with Crippen LogP contribution in [-0.4, -0.2) is 85.5 Å². The molecular formula is C25H33N3O7S. The minimum absolute atomic E-state index is 0.0817. The van der Waals surface area contributed by atoms with E-state index >= 15 is 0 Å². The zero-order valence-electron chi connectivity index (χ0n) is 20.8. The van der Waals surface area contributed by atoms with Gasteiger partial charge in [-0.3, -0.25) is 14.4 Å². The Morgan fingerprint density at radius 1 is 1.25 bits per heavy atom. The highest BCUT2D eigenvalue weighted by Gasteiger charge is 2.33. The first kappa shape index (κ1) is 27.4. The third-order valence-electron chi connectivity index (χ3n) is 6.11. The Bertz CT molecular complexity index is 1200. The number of rotatable bonds is 9. The van der Waals surface area contributed by atoms with Crippen molar-refractivity contribution in [2.45, 2.75) is 32.5 Å². The lowest BCUT2D eigenvalue weighted by Gasteiger charge is -2.38. The topological polar surface area (TPSA) is 136 Å². The lowest BCUT2D eigenvalue weighted by molar-refractivity contribution is 0.0341. The van der Waals surface area contributed by atoms with Crippen LogP contribution in [0.1, 0.15) is 40.1 Å². The number of likely N-dealkylation sites (N-methyl/N-ethyl adjacent to an activating group) is 1. The lowest BCUT2D eigenvalue weighted by Crippen LogP contribution is -2.49. The van der Waals surface area contributed by atoms with Crippen molar-refractivity contribution in [1.82, 2.24) is 9.80 Å². The summed E-state index contributed by atoms with van der Waals surface area (Å²) < 4.78 is 32.1. The molecule has 2 aromatic carbocycles. The van der Waals surface area contributed by atoms with E-state index in [0.717, 1.165) is 11.8 Å². The van der Waals surface area contributed by atoms with Gasteiger partial charge in [-0.2, -0.15) is 0 Å². The van der Waals surface area contributed by atoms with E-state index in [9.17, 15) is 23.1 Å². The number of aliphatic hydroxyl groups excluding tert-OH is 1. The molecule has 0 radical (unpaired) electrons. The molecule has 1 amide bonds. The molecule has 0 fully saturated rings. The lowest BCUT2D eigenvalue weighted by atomic mass is 9.99. The van der Waals surface area contributed by atoms with E-state index in [1.54, 1.807) is 48.2 Å². The number of hydrogen-bond donors (Lipinski definition) is 3. The Kier molecular flexibility index (Phi) is 8.59. The smallest absolute Gasteiger partial charge is 0.335 e. The van der Waals surface area contributed by atoms with Crippen LogP contribution >= 0.6 is 0 Å². The molecular weight excluding hydrogens is 486 g/mol. The fraction of sp³-hybridized carbons (Fsp3) is 0.440. The van der Waals surface area contributed by atoms with E-state index in [1.165, 1.54) is 6.07 Å². The minimum Gasteiger partial charge on any atom is -0.488 e. The van der Waals surface area contributed by atoms with Gasteiger partial charge in [-0.05, 0) is 49.9 Å². The molecule has 2 aromatic rings. The molecule has 0 saturated heterocycles. The number of hydrogen-bond acceptors (Lipinski definition) is 7. The molecule has 0 saturated carbocycles. The number of anilines is 1. The van der Waals surface area contributed by atoms with Crippen molar-refractivity contribution in [2.75, 3.05) is 37.7 Å². The first-order valence-electron chi connectivity index (χ1n) is 11.6. The number of nitrogens with one attached hydrogen (secondary N) is 1. The van der Waals surface area contributed by atoms with Crippen LogP contribution < -0.4 is 9.46 Å². The monoisotopic (exact) mass is 519 g/mol. The highest BCUT2D eigenvalue weighted by atomic mass is 32.2. The molecule has 0 aromatic heterocycles. The van der Waals surface area contributed by atoms with Gasteiger partial charge in [0.05, 0.1) is 30.0 Å². The van der Waals surface area contributed by atoms with Crippen molar-refractivity contribution < 1.29 is 33.0 Å². The summed E-state index contributed by atoms with van der Waals surface area (Å²) in [6.45, 7) is 4.94. The molecule has 0 bridgehead atoms. The number of sulfonamides is 1. The standard InChI is InChI=1S/C25H33N3O7S/c1-16-12-28(17(2)15-29)24(30)21-11-20(26-36(4,33)34)9-10-22(21)35-23(16)14-27(3)13-18-5-7-19(8-6-18)25(31)32/h5-11,16-17,23,26,29H,12-15H2,1-4H3,(H,31,32)/t16-,17-,23+/m1/s1. The fourth-order valence-corrected chi connectivity index (χ4v) is 4.71. The Balaban J connectivity index is 1.87. The third-order valence-corrected chi connectivity index (χ3v) is 6.72. The zero-order chi connectivity index (χ0) is 26.6. The van der Waals surface area contributed by atoms with Gasteiger partial charge in [0.2, 0.25) is 10.0 Å². The van der Waals surface area contributed by atoms with Crippen molar-refractivity contribution in [3.05, 3.63) is 59.2 Å². The molecule has 36 heavy (non-hydrogen) atoms. The average molecular weight is 520 g/mol. The van der Waals surface area contributed by atoms with Gasteiger partial charge >= 0.3 is 5.97 Å². The predicted octanol–water partition coefficient (Wildman–Crippen LogP) is 2.11. The van der Waals surface area contributed by atoms with Gasteiger partial charge < -0.3 is 19.8 Å². The predicted molar refractivity (Wildman–Crippen MR) is 136 cm³/mol. The van der Waals surface area contributed by atoms with Crippen LogP contribution in [0.4, 0.5) is 5.69 Å². The average Bonchev–Trinajstić information content (AvgIpc) is 2.80. The zero-order valence-corrected chi connectivity index (χ0v) is 21.7. The summed E-state index contributed by atoms with van der Waals surface area (Å²) in [5, 5.41) is 18.9. The van der Waals surface area contributed by atoms with Crippen LogP contribution in [0.2, 0.25) is 0 Å². The van der Waals surface area contributed by atoms with Gasteiger partial charge in [-0.25, -0.2) is 13.2 Å². The Morgan fingerprint density at radius 2 is 1.92 bits per heavy atom. The molecule has 11 heteroatoms. The Morgan fingerprint density at radius 3 is 2.50 bits per heavy atom. The maximum absolute atomic E-state index is 13.4. The van der Waals surface area contributed by atoms with E-state index in [2.05, 4.69) is 9.62 Å². The van der Waals surface area contributed by atoms with Gasteiger partial charge in [0.1, 0.15) is 11.9 Å². The molecule has 0 spiro atoms.